The van der Waals surface area contributed by atoms with Gasteiger partial charge in [-0.1, -0.05) is 0 Å². The van der Waals surface area contributed by atoms with E-state index in [1.807, 2.05) is 42.5 Å². The molecule has 0 saturated carbocycles. The minimum absolute atomic E-state index is 0. The summed E-state index contributed by atoms with van der Waals surface area (Å²) < 4.78 is 0. The van der Waals surface area contributed by atoms with E-state index < -0.39 is 0 Å². The second-order valence-corrected chi connectivity index (χ2v) is 5.91. The summed E-state index contributed by atoms with van der Waals surface area (Å²) in [6, 6.07) is 16.4. The average Bonchev–Trinajstić information content (AvgIpc) is 3.32. The third-order valence-corrected chi connectivity index (χ3v) is 4.04. The van der Waals surface area contributed by atoms with Crippen LogP contribution < -0.4 is 0 Å². The Kier molecular flexibility index (Phi) is 4.06. The van der Waals surface area contributed by atoms with Gasteiger partial charge >= 0.3 is 0 Å². The number of H-pyrrole nitrogens is 2. The van der Waals surface area contributed by atoms with Crippen molar-refractivity contribution in [2.75, 3.05) is 0 Å². The first-order valence-electron chi connectivity index (χ1n) is 7.85. The number of aromatic amines is 2. The van der Waals surface area contributed by atoms with Crippen molar-refractivity contribution in [1.29, 1.82) is 0 Å². The second kappa shape index (κ2) is 6.38. The van der Waals surface area contributed by atoms with Gasteiger partial charge in [0.15, 0.2) is 0 Å². The Bertz CT molecular complexity index is 1080. The number of hydrogen-bond acceptors (Lipinski definition) is 2. The number of fused-ring (bicyclic) bond motifs is 8. The molecule has 8 bridgehead atoms. The Labute approximate surface area is 161 Å². The van der Waals surface area contributed by atoms with Crippen LogP contribution in [0.4, 0.5) is 0 Å². The zero-order chi connectivity index (χ0) is 15.9. The van der Waals surface area contributed by atoms with Crippen molar-refractivity contribution in [3.05, 3.63) is 71.3 Å². The zero-order valence-corrected chi connectivity index (χ0v) is 15.8. The zero-order valence-electron chi connectivity index (χ0n) is 13.3. The van der Waals surface area contributed by atoms with Crippen molar-refractivity contribution < 1.29 is 0 Å². The maximum Gasteiger partial charge on any atom is 0.0659 e. The number of aromatic nitrogens is 4. The molecule has 2 aliphatic heterocycles. The smallest absolute Gasteiger partial charge is 0.0659 e. The summed E-state index contributed by atoms with van der Waals surface area (Å²) in [6.45, 7) is 0. The first kappa shape index (κ1) is 15.9. The first-order valence-corrected chi connectivity index (χ1v) is 7.85. The molecule has 0 aromatic carbocycles. The molecule has 0 aliphatic carbocycles. The Morgan fingerprint density at radius 2 is 0.840 bits per heavy atom. The van der Waals surface area contributed by atoms with Crippen molar-refractivity contribution in [3.8, 4) is 0 Å². The standard InChI is InChI=1S/C20H14N4.Sb/c1-2-14-10-16-5-6-18(23-16)12-20-8-7-19(24-20)11-17-4-3-15(22-17)9-13(1)21-14;/h1-12,21-22H;. The van der Waals surface area contributed by atoms with Gasteiger partial charge < -0.3 is 9.97 Å². The fourth-order valence-electron chi connectivity index (χ4n) is 2.94. The Morgan fingerprint density at radius 1 is 0.480 bits per heavy atom. The van der Waals surface area contributed by atoms with E-state index in [0.717, 1.165) is 44.8 Å². The largest absolute Gasteiger partial charge is 0.355 e. The SMILES string of the molecule is C1=Cc2cc3ccc(cc4ccc(cc5nc(cc1n2)C=C5)[nH]4)[nH]3.[Sb]. The van der Waals surface area contributed by atoms with Gasteiger partial charge in [0, 0.05) is 46.5 Å². The van der Waals surface area contributed by atoms with E-state index in [2.05, 4.69) is 50.3 Å². The number of rotatable bonds is 0. The van der Waals surface area contributed by atoms with E-state index in [1.54, 1.807) is 0 Å². The Morgan fingerprint density at radius 3 is 1.28 bits per heavy atom. The summed E-state index contributed by atoms with van der Waals surface area (Å²) in [6.07, 6.45) is 8.05. The van der Waals surface area contributed by atoms with Crippen LogP contribution in [0, 0.1) is 0 Å². The summed E-state index contributed by atoms with van der Waals surface area (Å²) in [5, 5.41) is 0. The van der Waals surface area contributed by atoms with Gasteiger partial charge in [-0.2, -0.15) is 0 Å². The van der Waals surface area contributed by atoms with Gasteiger partial charge in [-0.15, -0.1) is 0 Å². The Balaban J connectivity index is 0.00000157. The molecule has 0 amide bonds. The van der Waals surface area contributed by atoms with E-state index in [9.17, 15) is 0 Å². The molecular formula is C20H14N4Sb. The van der Waals surface area contributed by atoms with Crippen LogP contribution in [-0.2, 0) is 0 Å². The molecule has 2 N–H and O–H groups in total. The summed E-state index contributed by atoms with van der Waals surface area (Å²) in [5.74, 6) is 0. The third-order valence-electron chi connectivity index (χ3n) is 4.04. The van der Waals surface area contributed by atoms with Gasteiger partial charge in [-0.3, -0.25) is 0 Å². The molecule has 0 atom stereocenters. The van der Waals surface area contributed by atoms with Crippen molar-refractivity contribution in [1.82, 2.24) is 19.9 Å². The molecule has 3 radical (unpaired) electrons. The van der Waals surface area contributed by atoms with E-state index in [-0.39, 0.29) is 24.4 Å². The van der Waals surface area contributed by atoms with Crippen molar-refractivity contribution in [3.63, 3.8) is 0 Å². The molecule has 0 saturated heterocycles. The average molecular weight is 432 g/mol. The molecule has 25 heavy (non-hydrogen) atoms. The first-order chi connectivity index (χ1) is 11.8. The normalized spacial score (nSPS) is 12.2. The molecule has 3 aromatic rings. The van der Waals surface area contributed by atoms with Gasteiger partial charge in [0.05, 0.1) is 22.8 Å². The summed E-state index contributed by atoms with van der Waals surface area (Å²) in [7, 11) is 0. The molecule has 3 aromatic heterocycles. The van der Waals surface area contributed by atoms with Crippen LogP contribution in [0.3, 0.4) is 0 Å². The molecular weight excluding hydrogens is 418 g/mol. The van der Waals surface area contributed by atoms with Crippen molar-refractivity contribution in [2.45, 2.75) is 0 Å². The van der Waals surface area contributed by atoms with Crippen LogP contribution in [0.15, 0.2) is 48.5 Å². The molecule has 0 fully saturated rings. The fraction of sp³-hybridized carbons (Fsp3) is 0. The van der Waals surface area contributed by atoms with E-state index >= 15 is 0 Å². The van der Waals surface area contributed by atoms with Crippen LogP contribution in [0.1, 0.15) is 22.8 Å². The number of hydrogen-bond donors (Lipinski definition) is 2. The minimum atomic E-state index is 0. The van der Waals surface area contributed by atoms with Gasteiger partial charge in [0.25, 0.3) is 0 Å². The van der Waals surface area contributed by atoms with E-state index in [1.165, 1.54) is 0 Å². The van der Waals surface area contributed by atoms with Crippen LogP contribution in [-0.4, -0.2) is 44.4 Å². The molecule has 5 heterocycles. The van der Waals surface area contributed by atoms with Crippen LogP contribution in [0.2, 0.25) is 0 Å². The van der Waals surface area contributed by atoms with Gasteiger partial charge in [-0.05, 0) is 72.8 Å². The second-order valence-electron chi connectivity index (χ2n) is 5.91. The third kappa shape index (κ3) is 3.31. The van der Waals surface area contributed by atoms with Crippen LogP contribution in [0.25, 0.3) is 46.4 Å². The molecule has 4 nitrogen and oxygen atoms in total. The van der Waals surface area contributed by atoms with Crippen LogP contribution >= 0.6 is 0 Å². The summed E-state index contributed by atoms with van der Waals surface area (Å²) >= 11 is 0. The minimum Gasteiger partial charge on any atom is -0.355 e. The van der Waals surface area contributed by atoms with Crippen LogP contribution in [0.5, 0.6) is 0 Å². The predicted molar refractivity (Wildman–Crippen MR) is 105 cm³/mol. The fourth-order valence-corrected chi connectivity index (χ4v) is 2.94. The maximum absolute atomic E-state index is 4.62. The van der Waals surface area contributed by atoms with Gasteiger partial charge in [0.1, 0.15) is 0 Å². The number of nitrogens with zero attached hydrogens (tertiary/aromatic N) is 2. The van der Waals surface area contributed by atoms with Gasteiger partial charge in [-0.25, -0.2) is 9.97 Å². The molecule has 119 valence electrons. The number of nitrogens with one attached hydrogen (secondary N) is 2. The monoisotopic (exact) mass is 431 g/mol. The quantitative estimate of drug-likeness (QED) is 0.359. The molecule has 2 aliphatic rings. The Hall–Kier alpha value is -2.58. The molecule has 0 spiro atoms. The van der Waals surface area contributed by atoms with Crippen molar-refractivity contribution in [2.24, 2.45) is 0 Å². The maximum atomic E-state index is 4.62. The molecule has 5 rings (SSSR count). The van der Waals surface area contributed by atoms with Crippen molar-refractivity contribution >= 4 is 70.8 Å². The topological polar surface area (TPSA) is 57.4 Å². The summed E-state index contributed by atoms with van der Waals surface area (Å²) in [5.41, 5.74) is 7.86. The van der Waals surface area contributed by atoms with Gasteiger partial charge in [0.2, 0.25) is 0 Å². The van der Waals surface area contributed by atoms with E-state index in [0.29, 0.717) is 0 Å². The predicted octanol–water partition coefficient (Wildman–Crippen LogP) is 4.27. The molecule has 5 heteroatoms. The summed E-state index contributed by atoms with van der Waals surface area (Å²) in [4.78, 5) is 16.0. The van der Waals surface area contributed by atoms with E-state index in [4.69, 9.17) is 0 Å². The molecule has 0 unspecified atom stereocenters.